The summed E-state index contributed by atoms with van der Waals surface area (Å²) in [6, 6.07) is 0. The maximum Gasteiger partial charge on any atom is 0.227 e. The molecule has 2 rings (SSSR count). The van der Waals surface area contributed by atoms with Crippen LogP contribution in [0, 0.1) is 13.8 Å². The lowest BCUT2D eigenvalue weighted by molar-refractivity contribution is -0.116. The highest BCUT2D eigenvalue weighted by molar-refractivity contribution is 7.15. The minimum Gasteiger partial charge on any atom is -0.361 e. The summed E-state index contributed by atoms with van der Waals surface area (Å²) in [5.41, 5.74) is 1.98. The smallest absolute Gasteiger partial charge is 0.227 e. The molecule has 2 aromatic heterocycles. The lowest BCUT2D eigenvalue weighted by Gasteiger charge is -2.15. The van der Waals surface area contributed by atoms with Gasteiger partial charge in [-0.3, -0.25) is 4.79 Å². The van der Waals surface area contributed by atoms with E-state index in [1.165, 1.54) is 11.3 Å². The van der Waals surface area contributed by atoms with Crippen LogP contribution in [0.5, 0.6) is 0 Å². The summed E-state index contributed by atoms with van der Waals surface area (Å²) in [5.74, 6) is 0.777. The van der Waals surface area contributed by atoms with Crippen molar-refractivity contribution in [3.63, 3.8) is 0 Å². The van der Waals surface area contributed by atoms with Gasteiger partial charge in [0.05, 0.1) is 5.69 Å². The molecule has 1 N–H and O–H groups in total. The Labute approximate surface area is 133 Å². The van der Waals surface area contributed by atoms with Gasteiger partial charge in [0.15, 0.2) is 0 Å². The van der Waals surface area contributed by atoms with Crippen molar-refractivity contribution < 1.29 is 9.32 Å². The summed E-state index contributed by atoms with van der Waals surface area (Å²) in [7, 11) is 1.97. The zero-order valence-electron chi connectivity index (χ0n) is 13.3. The van der Waals surface area contributed by atoms with Crippen molar-refractivity contribution >= 4 is 22.4 Å². The van der Waals surface area contributed by atoms with Crippen molar-refractivity contribution in [3.8, 4) is 0 Å². The molecule has 2 aromatic rings. The molecule has 0 aromatic carbocycles. The SMILES string of the molecule is CCc1nnc(NC(=O)CCN(C)Cc2c(C)noc2C)s1. The number of nitrogens with one attached hydrogen (secondary N) is 1. The molecule has 1 amide bonds. The zero-order chi connectivity index (χ0) is 16.1. The summed E-state index contributed by atoms with van der Waals surface area (Å²) in [6.45, 7) is 7.20. The highest BCUT2D eigenvalue weighted by atomic mass is 32.1. The lowest BCUT2D eigenvalue weighted by Crippen LogP contribution is -2.24. The van der Waals surface area contributed by atoms with Crippen LogP contribution < -0.4 is 5.32 Å². The van der Waals surface area contributed by atoms with E-state index in [-0.39, 0.29) is 5.91 Å². The molecule has 0 fully saturated rings. The molecule has 8 heteroatoms. The van der Waals surface area contributed by atoms with E-state index in [1.807, 2.05) is 27.8 Å². The van der Waals surface area contributed by atoms with Crippen LogP contribution in [-0.2, 0) is 17.8 Å². The Morgan fingerprint density at radius 2 is 2.14 bits per heavy atom. The number of carbonyl (C=O) groups excluding carboxylic acids is 1. The van der Waals surface area contributed by atoms with Gasteiger partial charge >= 0.3 is 0 Å². The number of rotatable bonds is 7. The van der Waals surface area contributed by atoms with Crippen LogP contribution >= 0.6 is 11.3 Å². The Kier molecular flexibility index (Phi) is 5.62. The van der Waals surface area contributed by atoms with Crippen LogP contribution in [0.2, 0.25) is 0 Å². The Morgan fingerprint density at radius 3 is 2.73 bits per heavy atom. The van der Waals surface area contributed by atoms with Crippen LogP contribution in [0.15, 0.2) is 4.52 Å². The normalized spacial score (nSPS) is 11.1. The summed E-state index contributed by atoms with van der Waals surface area (Å²) in [6.07, 6.45) is 1.23. The Morgan fingerprint density at radius 1 is 1.36 bits per heavy atom. The second-order valence-corrected chi connectivity index (χ2v) is 6.26. The first kappa shape index (κ1) is 16.6. The maximum atomic E-state index is 11.9. The summed E-state index contributed by atoms with van der Waals surface area (Å²) in [5, 5.41) is 16.1. The van der Waals surface area contributed by atoms with Crippen molar-refractivity contribution in [2.45, 2.75) is 40.2 Å². The first-order valence-electron chi connectivity index (χ1n) is 7.22. The van der Waals surface area contributed by atoms with Gasteiger partial charge in [-0.15, -0.1) is 10.2 Å². The van der Waals surface area contributed by atoms with Crippen LogP contribution in [0.3, 0.4) is 0 Å². The highest BCUT2D eigenvalue weighted by Crippen LogP contribution is 2.16. The monoisotopic (exact) mass is 323 g/mol. The molecular formula is C14H21N5O2S. The van der Waals surface area contributed by atoms with Gasteiger partial charge in [0.2, 0.25) is 11.0 Å². The number of amides is 1. The van der Waals surface area contributed by atoms with E-state index in [1.54, 1.807) is 0 Å². The molecule has 0 spiro atoms. The molecule has 2 heterocycles. The molecule has 0 radical (unpaired) electrons. The molecule has 0 aliphatic heterocycles. The predicted octanol–water partition coefficient (Wildman–Crippen LogP) is 2.17. The van der Waals surface area contributed by atoms with Gasteiger partial charge in [-0.25, -0.2) is 0 Å². The number of carbonyl (C=O) groups is 1. The summed E-state index contributed by atoms with van der Waals surface area (Å²) >= 11 is 1.41. The van der Waals surface area contributed by atoms with Crippen LogP contribution in [-0.4, -0.2) is 39.8 Å². The third kappa shape index (κ3) is 4.35. The van der Waals surface area contributed by atoms with E-state index in [4.69, 9.17) is 4.52 Å². The van der Waals surface area contributed by atoms with E-state index in [2.05, 4.69) is 25.6 Å². The highest BCUT2D eigenvalue weighted by Gasteiger charge is 2.13. The predicted molar refractivity (Wildman–Crippen MR) is 84.8 cm³/mol. The fraction of sp³-hybridized carbons (Fsp3) is 0.571. The van der Waals surface area contributed by atoms with E-state index in [9.17, 15) is 4.79 Å². The largest absolute Gasteiger partial charge is 0.361 e. The molecular weight excluding hydrogens is 302 g/mol. The third-order valence-corrected chi connectivity index (χ3v) is 4.33. The Balaban J connectivity index is 1.78. The zero-order valence-corrected chi connectivity index (χ0v) is 14.2. The van der Waals surface area contributed by atoms with Gasteiger partial charge < -0.3 is 14.7 Å². The number of aryl methyl sites for hydroxylation is 3. The number of hydrogen-bond acceptors (Lipinski definition) is 7. The van der Waals surface area contributed by atoms with E-state index in [0.717, 1.165) is 28.4 Å². The quantitative estimate of drug-likeness (QED) is 0.840. The van der Waals surface area contributed by atoms with E-state index in [0.29, 0.717) is 24.6 Å². The van der Waals surface area contributed by atoms with E-state index >= 15 is 0 Å². The van der Waals surface area contributed by atoms with Crippen LogP contribution in [0.25, 0.3) is 0 Å². The average Bonchev–Trinajstić information content (AvgIpc) is 3.06. The maximum absolute atomic E-state index is 11.9. The third-order valence-electron chi connectivity index (χ3n) is 3.35. The van der Waals surface area contributed by atoms with E-state index < -0.39 is 0 Å². The number of hydrogen-bond donors (Lipinski definition) is 1. The number of nitrogens with zero attached hydrogens (tertiary/aromatic N) is 4. The standard InChI is InChI=1S/C14H21N5O2S/c1-5-13-16-17-14(22-13)15-12(20)6-7-19(4)8-11-9(2)18-21-10(11)3/h5-8H2,1-4H3,(H,15,17,20). The Bertz CT molecular complexity index is 617. The Hall–Kier alpha value is -1.80. The van der Waals surface area contributed by atoms with Crippen molar-refractivity contribution in [2.75, 3.05) is 18.9 Å². The summed E-state index contributed by atoms with van der Waals surface area (Å²) < 4.78 is 5.14. The molecule has 0 saturated carbocycles. The van der Waals surface area contributed by atoms with Gasteiger partial charge in [-0.05, 0) is 27.3 Å². The molecule has 0 bridgehead atoms. The first-order valence-corrected chi connectivity index (χ1v) is 8.03. The van der Waals surface area contributed by atoms with Gasteiger partial charge in [0.1, 0.15) is 10.8 Å². The molecule has 120 valence electrons. The van der Waals surface area contributed by atoms with Crippen LogP contribution in [0.4, 0.5) is 5.13 Å². The van der Waals surface area contributed by atoms with Gasteiger partial charge in [-0.1, -0.05) is 23.4 Å². The van der Waals surface area contributed by atoms with Crippen molar-refractivity contribution in [1.82, 2.24) is 20.3 Å². The molecule has 0 unspecified atom stereocenters. The van der Waals surface area contributed by atoms with Crippen LogP contribution in [0.1, 0.15) is 35.4 Å². The summed E-state index contributed by atoms with van der Waals surface area (Å²) in [4.78, 5) is 14.0. The molecule has 0 aliphatic carbocycles. The minimum absolute atomic E-state index is 0.0515. The van der Waals surface area contributed by atoms with Gasteiger partial charge in [0.25, 0.3) is 0 Å². The first-order chi connectivity index (χ1) is 10.5. The second-order valence-electron chi connectivity index (χ2n) is 5.19. The van der Waals surface area contributed by atoms with Gasteiger partial charge in [0, 0.05) is 25.1 Å². The lowest BCUT2D eigenvalue weighted by atomic mass is 10.2. The molecule has 0 atom stereocenters. The average molecular weight is 323 g/mol. The fourth-order valence-corrected chi connectivity index (χ4v) is 2.69. The molecule has 7 nitrogen and oxygen atoms in total. The fourth-order valence-electron chi connectivity index (χ4n) is 2.00. The molecule has 0 saturated heterocycles. The van der Waals surface area contributed by atoms with Crippen molar-refractivity contribution in [3.05, 3.63) is 22.0 Å². The molecule has 22 heavy (non-hydrogen) atoms. The number of anilines is 1. The van der Waals surface area contributed by atoms with Gasteiger partial charge in [-0.2, -0.15) is 0 Å². The van der Waals surface area contributed by atoms with Crippen molar-refractivity contribution in [1.29, 1.82) is 0 Å². The topological polar surface area (TPSA) is 84.2 Å². The molecule has 0 aliphatic rings. The van der Waals surface area contributed by atoms with Crippen molar-refractivity contribution in [2.24, 2.45) is 0 Å². The second kappa shape index (κ2) is 7.46. The number of aromatic nitrogens is 3. The minimum atomic E-state index is -0.0515.